The molecule has 21 heavy (non-hydrogen) atoms. The van der Waals surface area contributed by atoms with Crippen LogP contribution in [0.4, 0.5) is 5.69 Å². The van der Waals surface area contributed by atoms with Gasteiger partial charge in [0.2, 0.25) is 5.91 Å². The summed E-state index contributed by atoms with van der Waals surface area (Å²) in [4.78, 5) is 27.0. The largest absolute Gasteiger partial charge is 0.423 e. The Hall–Kier alpha value is -1.79. The first-order valence-corrected chi connectivity index (χ1v) is 7.06. The molecule has 114 valence electrons. The molecule has 2 rings (SSSR count). The first-order chi connectivity index (χ1) is 10.0. The van der Waals surface area contributed by atoms with Crippen LogP contribution in [0.5, 0.6) is 5.75 Å². The van der Waals surface area contributed by atoms with E-state index in [4.69, 9.17) is 21.4 Å². The van der Waals surface area contributed by atoms with Crippen molar-refractivity contribution in [2.75, 3.05) is 37.7 Å². The van der Waals surface area contributed by atoms with E-state index >= 15 is 0 Å². The molecule has 0 bridgehead atoms. The Morgan fingerprint density at radius 1 is 1.52 bits per heavy atom. The van der Waals surface area contributed by atoms with E-state index < -0.39 is 5.97 Å². The number of carbonyl (C=O) groups is 2. The second-order valence-corrected chi connectivity index (χ2v) is 5.08. The van der Waals surface area contributed by atoms with Gasteiger partial charge in [-0.05, 0) is 25.1 Å². The van der Waals surface area contributed by atoms with E-state index in [2.05, 4.69) is 0 Å². The molecule has 1 N–H and O–H groups in total. The van der Waals surface area contributed by atoms with Crippen LogP contribution in [0.2, 0.25) is 5.02 Å². The topological polar surface area (TPSA) is 70.1 Å². The van der Waals surface area contributed by atoms with Gasteiger partial charge in [-0.15, -0.1) is 0 Å². The van der Waals surface area contributed by atoms with Gasteiger partial charge in [-0.3, -0.25) is 4.79 Å². The molecule has 1 aromatic rings. The van der Waals surface area contributed by atoms with Gasteiger partial charge in [0.1, 0.15) is 6.54 Å². The number of benzene rings is 1. The number of fused-ring (bicyclic) bond motifs is 1. The summed E-state index contributed by atoms with van der Waals surface area (Å²) in [6.07, 6.45) is 0. The molecule has 0 atom stereocenters. The number of amides is 1. The van der Waals surface area contributed by atoms with Crippen molar-refractivity contribution in [3.05, 3.63) is 23.2 Å². The molecule has 1 amide bonds. The van der Waals surface area contributed by atoms with Crippen molar-refractivity contribution >= 4 is 29.2 Å². The summed E-state index contributed by atoms with van der Waals surface area (Å²) in [6.45, 7) is 2.55. The van der Waals surface area contributed by atoms with Crippen molar-refractivity contribution in [1.82, 2.24) is 4.90 Å². The normalized spacial score (nSPS) is 13.7. The molecule has 0 radical (unpaired) electrons. The molecule has 0 fully saturated rings. The molecular weight excluding hydrogens is 296 g/mol. The summed E-state index contributed by atoms with van der Waals surface area (Å²) in [5.41, 5.74) is 0.621. The van der Waals surface area contributed by atoms with Crippen LogP contribution in [-0.2, 0) is 9.59 Å². The van der Waals surface area contributed by atoms with Crippen LogP contribution in [0.1, 0.15) is 6.92 Å². The molecule has 1 aliphatic heterocycles. The highest BCUT2D eigenvalue weighted by atomic mass is 35.5. The number of halogens is 1. The predicted octanol–water partition coefficient (Wildman–Crippen LogP) is 0.906. The molecule has 1 heterocycles. The van der Waals surface area contributed by atoms with E-state index in [0.717, 1.165) is 0 Å². The van der Waals surface area contributed by atoms with Gasteiger partial charge in [-0.2, -0.15) is 0 Å². The van der Waals surface area contributed by atoms with Crippen LogP contribution in [0.25, 0.3) is 0 Å². The number of hydrogen-bond donors (Lipinski definition) is 1. The molecule has 1 aromatic carbocycles. The number of anilines is 1. The summed E-state index contributed by atoms with van der Waals surface area (Å²) >= 11 is 5.96. The molecule has 0 aromatic heterocycles. The van der Waals surface area contributed by atoms with Gasteiger partial charge in [0.15, 0.2) is 5.75 Å². The van der Waals surface area contributed by atoms with E-state index in [9.17, 15) is 9.59 Å². The molecule has 0 unspecified atom stereocenters. The zero-order valence-electron chi connectivity index (χ0n) is 11.7. The number of rotatable bonds is 5. The maximum Gasteiger partial charge on any atom is 0.331 e. The van der Waals surface area contributed by atoms with Gasteiger partial charge in [-0.1, -0.05) is 11.6 Å². The molecule has 0 aliphatic carbocycles. The Morgan fingerprint density at radius 3 is 2.95 bits per heavy atom. The molecule has 0 saturated heterocycles. The van der Waals surface area contributed by atoms with Crippen LogP contribution in [0.3, 0.4) is 0 Å². The number of ether oxygens (including phenoxy) is 1. The fourth-order valence-electron chi connectivity index (χ4n) is 2.20. The molecule has 0 spiro atoms. The minimum atomic E-state index is -0.414. The van der Waals surface area contributed by atoms with E-state index in [-0.39, 0.29) is 32.1 Å². The lowest BCUT2D eigenvalue weighted by atomic mass is 10.2. The summed E-state index contributed by atoms with van der Waals surface area (Å²) < 4.78 is 5.13. The second-order valence-electron chi connectivity index (χ2n) is 4.64. The lowest BCUT2D eigenvalue weighted by Gasteiger charge is -2.31. The maximum atomic E-state index is 12.2. The predicted molar refractivity (Wildman–Crippen MR) is 78.6 cm³/mol. The number of aliphatic hydroxyl groups excluding tert-OH is 1. The summed E-state index contributed by atoms with van der Waals surface area (Å²) in [7, 11) is 0. The number of hydrogen-bond acceptors (Lipinski definition) is 5. The first kappa shape index (κ1) is 15.6. The van der Waals surface area contributed by atoms with Crippen molar-refractivity contribution in [3.8, 4) is 5.75 Å². The highest BCUT2D eigenvalue weighted by Gasteiger charge is 2.27. The van der Waals surface area contributed by atoms with Gasteiger partial charge in [0.05, 0.1) is 18.8 Å². The zero-order chi connectivity index (χ0) is 15.4. The smallest absolute Gasteiger partial charge is 0.331 e. The SMILES string of the molecule is CCN(CCO)C(=O)CN1CC(=O)Oc2ccc(Cl)cc21. The average molecular weight is 313 g/mol. The number of esters is 1. The quantitative estimate of drug-likeness (QED) is 0.646. The standard InChI is InChI=1S/C14H17ClN2O4/c1-2-16(5-6-18)13(19)8-17-9-14(20)21-12-4-3-10(15)7-11(12)17/h3-4,7,18H,2,5-6,8-9H2,1H3. The highest BCUT2D eigenvalue weighted by Crippen LogP contribution is 2.34. The lowest BCUT2D eigenvalue weighted by molar-refractivity contribution is -0.133. The average Bonchev–Trinajstić information content (AvgIpc) is 2.45. The maximum absolute atomic E-state index is 12.2. The van der Waals surface area contributed by atoms with E-state index in [1.54, 1.807) is 23.1 Å². The van der Waals surface area contributed by atoms with Crippen molar-refractivity contribution in [2.45, 2.75) is 6.92 Å². The highest BCUT2D eigenvalue weighted by molar-refractivity contribution is 6.31. The Balaban J connectivity index is 2.19. The second kappa shape index (κ2) is 6.78. The Morgan fingerprint density at radius 2 is 2.29 bits per heavy atom. The van der Waals surface area contributed by atoms with Gasteiger partial charge >= 0.3 is 5.97 Å². The Labute approximate surface area is 127 Å². The first-order valence-electron chi connectivity index (χ1n) is 6.69. The minimum Gasteiger partial charge on any atom is -0.423 e. The number of carbonyl (C=O) groups excluding carboxylic acids is 2. The van der Waals surface area contributed by atoms with Crippen LogP contribution in [-0.4, -0.2) is 54.7 Å². The molecule has 0 saturated carbocycles. The van der Waals surface area contributed by atoms with Crippen molar-refractivity contribution in [2.24, 2.45) is 0 Å². The fourth-order valence-corrected chi connectivity index (χ4v) is 2.37. The third-order valence-corrected chi connectivity index (χ3v) is 3.47. The lowest BCUT2D eigenvalue weighted by Crippen LogP contribution is -2.45. The minimum absolute atomic E-state index is 0.00420. The van der Waals surface area contributed by atoms with Gasteiger partial charge < -0.3 is 19.6 Å². The van der Waals surface area contributed by atoms with Crippen LogP contribution >= 0.6 is 11.6 Å². The van der Waals surface area contributed by atoms with Crippen molar-refractivity contribution in [3.63, 3.8) is 0 Å². The molecule has 7 heteroatoms. The van der Waals surface area contributed by atoms with E-state index in [1.165, 1.54) is 4.90 Å². The van der Waals surface area contributed by atoms with Gasteiger partial charge in [0.25, 0.3) is 0 Å². The third kappa shape index (κ3) is 3.65. The van der Waals surface area contributed by atoms with Crippen LogP contribution in [0, 0.1) is 0 Å². The fraction of sp³-hybridized carbons (Fsp3) is 0.429. The Kier molecular flexibility index (Phi) is 5.03. The molecule has 1 aliphatic rings. The van der Waals surface area contributed by atoms with Crippen molar-refractivity contribution < 1.29 is 19.4 Å². The zero-order valence-corrected chi connectivity index (χ0v) is 12.5. The van der Waals surface area contributed by atoms with Gasteiger partial charge in [-0.25, -0.2) is 4.79 Å². The number of aliphatic hydroxyl groups is 1. The van der Waals surface area contributed by atoms with Gasteiger partial charge in [0, 0.05) is 18.1 Å². The third-order valence-electron chi connectivity index (χ3n) is 3.24. The van der Waals surface area contributed by atoms with Crippen molar-refractivity contribution in [1.29, 1.82) is 0 Å². The van der Waals surface area contributed by atoms with Crippen LogP contribution in [0.15, 0.2) is 18.2 Å². The number of nitrogens with zero attached hydrogens (tertiary/aromatic N) is 2. The van der Waals surface area contributed by atoms with E-state index in [1.807, 2.05) is 6.92 Å². The molecular formula is C14H17ClN2O4. The summed E-state index contributed by atoms with van der Waals surface area (Å²) in [6, 6.07) is 4.90. The monoisotopic (exact) mass is 312 g/mol. The van der Waals surface area contributed by atoms with E-state index in [0.29, 0.717) is 23.0 Å². The Bertz CT molecular complexity index is 550. The molecule has 6 nitrogen and oxygen atoms in total. The van der Waals surface area contributed by atoms with Crippen LogP contribution < -0.4 is 9.64 Å². The summed E-state index contributed by atoms with van der Waals surface area (Å²) in [5.74, 6) is -0.177. The summed E-state index contributed by atoms with van der Waals surface area (Å²) in [5, 5.41) is 9.47. The number of likely N-dealkylation sites (N-methyl/N-ethyl adjacent to an activating group) is 1.